The molecule has 2 saturated heterocycles. The quantitative estimate of drug-likeness (QED) is 0.503. The van der Waals surface area contributed by atoms with E-state index < -0.39 is 20.0 Å². The van der Waals surface area contributed by atoms with E-state index in [4.69, 9.17) is 5.11 Å². The van der Waals surface area contributed by atoms with Crippen molar-refractivity contribution < 1.29 is 23.5 Å². The molecule has 0 aromatic heterocycles. The second-order valence-corrected chi connectivity index (χ2v) is 9.20. The predicted molar refractivity (Wildman–Crippen MR) is 78.9 cm³/mol. The molecule has 10 heteroatoms. The lowest BCUT2D eigenvalue weighted by molar-refractivity contribution is -0.136. The molecule has 0 saturated carbocycles. The van der Waals surface area contributed by atoms with Gasteiger partial charge < -0.3 is 20.3 Å². The minimum Gasteiger partial charge on any atom is -0.480 e. The SMILES string of the molecule is O=C1N[C@H]2[C@H](CS[C@H]2CCCC(C(=O)O)S(=O)(O)=S)N1. The summed E-state index contributed by atoms with van der Waals surface area (Å²) in [5.74, 6) is -0.505. The molecule has 0 aromatic carbocycles. The minimum atomic E-state index is -3.74. The zero-order valence-corrected chi connectivity index (χ0v) is 12.9. The molecule has 2 rings (SSSR count). The van der Waals surface area contributed by atoms with Crippen LogP contribution in [0.1, 0.15) is 19.3 Å². The number of aliphatic carboxylic acids is 1. The first-order chi connectivity index (χ1) is 9.29. The number of carbonyl (C=O) groups excluding carboxylic acids is 1. The third-order valence-electron chi connectivity index (χ3n) is 3.53. The van der Waals surface area contributed by atoms with E-state index in [1.54, 1.807) is 11.8 Å². The van der Waals surface area contributed by atoms with Crippen molar-refractivity contribution >= 4 is 43.7 Å². The summed E-state index contributed by atoms with van der Waals surface area (Å²) in [5.41, 5.74) is 0. The average molecular weight is 340 g/mol. The van der Waals surface area contributed by atoms with Gasteiger partial charge >= 0.3 is 12.0 Å². The largest absolute Gasteiger partial charge is 0.480 e. The summed E-state index contributed by atoms with van der Waals surface area (Å²) in [6.07, 6.45) is 1.24. The molecule has 5 atom stereocenters. The number of thioether (sulfide) groups is 1. The smallest absolute Gasteiger partial charge is 0.321 e. The minimum absolute atomic E-state index is 0.0535. The van der Waals surface area contributed by atoms with Gasteiger partial charge in [-0.15, -0.1) is 0 Å². The van der Waals surface area contributed by atoms with Crippen LogP contribution in [0.2, 0.25) is 0 Å². The Morgan fingerprint density at radius 3 is 2.85 bits per heavy atom. The number of urea groups is 1. The Kier molecular flexibility index (Phi) is 4.77. The molecule has 2 aliphatic rings. The van der Waals surface area contributed by atoms with Crippen molar-refractivity contribution in [3.8, 4) is 0 Å². The molecule has 4 N–H and O–H groups in total. The molecule has 0 spiro atoms. The molecule has 0 aromatic rings. The highest BCUT2D eigenvalue weighted by atomic mass is 32.8. The standard InChI is InChI=1S/C10H16N2O5S3/c13-9(14)7(20(16,17)18)3-1-2-6-8-5(4-19-6)11-10(15)12-8/h5-8H,1-4H2,(H,13,14)(H2,11,12,15)(H,16,17,18)/t5-,6-,7?,8-/m0/s1. The molecule has 7 nitrogen and oxygen atoms in total. The third kappa shape index (κ3) is 3.54. The van der Waals surface area contributed by atoms with Crippen LogP contribution in [0.5, 0.6) is 0 Å². The van der Waals surface area contributed by atoms with Gasteiger partial charge in [0.1, 0.15) is 0 Å². The van der Waals surface area contributed by atoms with E-state index >= 15 is 0 Å². The van der Waals surface area contributed by atoms with E-state index in [0.29, 0.717) is 12.8 Å². The van der Waals surface area contributed by atoms with Crippen molar-refractivity contribution in [1.82, 2.24) is 10.6 Å². The second kappa shape index (κ2) is 6.04. The van der Waals surface area contributed by atoms with Gasteiger partial charge in [-0.1, -0.05) is 6.42 Å². The van der Waals surface area contributed by atoms with Gasteiger partial charge in [-0.2, -0.15) is 11.8 Å². The van der Waals surface area contributed by atoms with E-state index in [2.05, 4.69) is 21.8 Å². The topological polar surface area (TPSA) is 116 Å². The van der Waals surface area contributed by atoms with Crippen molar-refractivity contribution in [2.45, 2.75) is 41.8 Å². The fourth-order valence-corrected chi connectivity index (χ4v) is 5.35. The Morgan fingerprint density at radius 2 is 2.25 bits per heavy atom. The molecule has 0 aliphatic carbocycles. The Labute approximate surface area is 125 Å². The Hall–Kier alpha value is -0.580. The lowest BCUT2D eigenvalue weighted by Crippen LogP contribution is -2.37. The number of fused-ring (bicyclic) bond motifs is 1. The fourth-order valence-electron chi connectivity index (χ4n) is 2.55. The first-order valence-corrected chi connectivity index (χ1v) is 9.72. The molecule has 2 aliphatic heterocycles. The summed E-state index contributed by atoms with van der Waals surface area (Å²) in [7, 11) is -3.74. The number of rotatable bonds is 6. The summed E-state index contributed by atoms with van der Waals surface area (Å²) < 4.78 is 20.5. The summed E-state index contributed by atoms with van der Waals surface area (Å²) in [6.45, 7) is 0. The van der Waals surface area contributed by atoms with Gasteiger partial charge in [-0.3, -0.25) is 4.79 Å². The Morgan fingerprint density at radius 1 is 1.55 bits per heavy atom. The number of hydrogen-bond donors (Lipinski definition) is 4. The molecule has 114 valence electrons. The first-order valence-electron chi connectivity index (χ1n) is 6.17. The summed E-state index contributed by atoms with van der Waals surface area (Å²) in [4.78, 5) is 22.1. The zero-order valence-electron chi connectivity index (χ0n) is 10.5. The predicted octanol–water partition coefficient (Wildman–Crippen LogP) is -0.00540. The van der Waals surface area contributed by atoms with Crippen molar-refractivity contribution in [3.63, 3.8) is 0 Å². The average Bonchev–Trinajstić information content (AvgIpc) is 2.82. The Bertz CT molecular complexity index is 509. The van der Waals surface area contributed by atoms with Gasteiger partial charge in [0.15, 0.2) is 14.0 Å². The summed E-state index contributed by atoms with van der Waals surface area (Å²) >= 11 is 6.07. The highest BCUT2D eigenvalue weighted by Gasteiger charge is 2.42. The van der Waals surface area contributed by atoms with Gasteiger partial charge in [-0.05, 0) is 12.8 Å². The van der Waals surface area contributed by atoms with Crippen molar-refractivity contribution in [1.29, 1.82) is 0 Å². The van der Waals surface area contributed by atoms with Crippen molar-refractivity contribution in [2.75, 3.05) is 5.75 Å². The van der Waals surface area contributed by atoms with E-state index in [9.17, 15) is 18.4 Å². The number of nitrogens with one attached hydrogen (secondary N) is 2. The number of carboxylic acids is 1. The van der Waals surface area contributed by atoms with E-state index in [0.717, 1.165) is 5.75 Å². The molecule has 0 bridgehead atoms. The van der Waals surface area contributed by atoms with Crippen LogP contribution < -0.4 is 10.6 Å². The van der Waals surface area contributed by atoms with E-state index in [-0.39, 0.29) is 29.8 Å². The van der Waals surface area contributed by atoms with Gasteiger partial charge in [0, 0.05) is 22.2 Å². The number of carboxylic acid groups (broad SMARTS) is 1. The van der Waals surface area contributed by atoms with Crippen LogP contribution in [-0.2, 0) is 24.8 Å². The van der Waals surface area contributed by atoms with Gasteiger partial charge in [0.2, 0.25) is 0 Å². The van der Waals surface area contributed by atoms with Crippen LogP contribution >= 0.6 is 11.8 Å². The second-order valence-electron chi connectivity index (χ2n) is 4.89. The molecular formula is C10H16N2O5S3. The lowest BCUT2D eigenvalue weighted by atomic mass is 10.0. The molecular weight excluding hydrogens is 324 g/mol. The van der Waals surface area contributed by atoms with E-state index in [1.807, 2.05) is 0 Å². The van der Waals surface area contributed by atoms with Crippen LogP contribution in [0.25, 0.3) is 0 Å². The van der Waals surface area contributed by atoms with Crippen LogP contribution in [0.3, 0.4) is 0 Å². The molecule has 2 amide bonds. The normalized spacial score (nSPS) is 32.9. The highest BCUT2D eigenvalue weighted by Crippen LogP contribution is 2.33. The molecule has 2 unspecified atom stereocenters. The monoisotopic (exact) mass is 340 g/mol. The maximum Gasteiger partial charge on any atom is 0.321 e. The zero-order chi connectivity index (χ0) is 14.9. The van der Waals surface area contributed by atoms with Crippen LogP contribution in [0, 0.1) is 0 Å². The fraction of sp³-hybridized carbons (Fsp3) is 0.800. The summed E-state index contributed by atoms with van der Waals surface area (Å²) in [6, 6.07) is 0.00389. The third-order valence-corrected chi connectivity index (χ3v) is 6.89. The van der Waals surface area contributed by atoms with Gasteiger partial charge in [0.05, 0.1) is 12.1 Å². The molecule has 2 heterocycles. The maximum atomic E-state index is 11.3. The van der Waals surface area contributed by atoms with Crippen LogP contribution in [0.4, 0.5) is 4.79 Å². The van der Waals surface area contributed by atoms with Crippen LogP contribution in [-0.4, -0.2) is 54.2 Å². The maximum absolute atomic E-state index is 11.3. The van der Waals surface area contributed by atoms with Crippen molar-refractivity contribution in [3.05, 3.63) is 0 Å². The number of hydrogen-bond acceptors (Lipinski definition) is 5. The number of carbonyl (C=O) groups is 2. The van der Waals surface area contributed by atoms with Gasteiger partial charge in [-0.25, -0.2) is 9.00 Å². The lowest BCUT2D eigenvalue weighted by Gasteiger charge is -2.17. The summed E-state index contributed by atoms with van der Waals surface area (Å²) in [5, 5.41) is 13.4. The first kappa shape index (κ1) is 15.8. The highest BCUT2D eigenvalue weighted by molar-refractivity contribution is 8.30. The van der Waals surface area contributed by atoms with Crippen molar-refractivity contribution in [2.24, 2.45) is 0 Å². The van der Waals surface area contributed by atoms with E-state index in [1.165, 1.54) is 0 Å². The number of amides is 2. The molecule has 20 heavy (non-hydrogen) atoms. The molecule has 2 fully saturated rings. The van der Waals surface area contributed by atoms with Gasteiger partial charge in [0.25, 0.3) is 0 Å². The Balaban J connectivity index is 1.84. The molecule has 0 radical (unpaired) electrons. The van der Waals surface area contributed by atoms with Crippen LogP contribution in [0.15, 0.2) is 0 Å².